The minimum atomic E-state index is -0.823. The summed E-state index contributed by atoms with van der Waals surface area (Å²) in [5.74, 6) is 0.365. The van der Waals surface area contributed by atoms with E-state index in [1.54, 1.807) is 68.6 Å². The lowest BCUT2D eigenvalue weighted by Crippen LogP contribution is -2.54. The fraction of sp³-hybridized carbons (Fsp3) is 0.179. The van der Waals surface area contributed by atoms with Crippen molar-refractivity contribution < 1.29 is 33.3 Å². The Hall–Kier alpha value is -4.50. The van der Waals surface area contributed by atoms with Gasteiger partial charge in [0.25, 0.3) is 11.8 Å². The van der Waals surface area contributed by atoms with Gasteiger partial charge in [-0.2, -0.15) is 0 Å². The number of hydrogen-bond donors (Lipinski definition) is 1. The molecule has 0 saturated carbocycles. The zero-order valence-electron chi connectivity index (χ0n) is 20.7. The van der Waals surface area contributed by atoms with Crippen LogP contribution in [0.3, 0.4) is 0 Å². The van der Waals surface area contributed by atoms with E-state index in [1.807, 2.05) is 12.1 Å². The number of halogens is 1. The monoisotopic (exact) mass is 536 g/mol. The number of para-hydroxylation sites is 1. The van der Waals surface area contributed by atoms with Crippen molar-refractivity contribution in [2.24, 2.45) is 0 Å². The second-order valence-electron chi connectivity index (χ2n) is 7.93. The molecule has 0 aromatic heterocycles. The van der Waals surface area contributed by atoms with Gasteiger partial charge in [-0.15, -0.1) is 0 Å². The van der Waals surface area contributed by atoms with Gasteiger partial charge >= 0.3 is 6.03 Å². The Morgan fingerprint density at radius 3 is 2.37 bits per heavy atom. The number of barbiturate groups is 1. The number of nitrogens with one attached hydrogen (secondary N) is 1. The average molecular weight is 537 g/mol. The summed E-state index contributed by atoms with van der Waals surface area (Å²) >= 11 is 6.50. The maximum atomic E-state index is 13.1. The van der Waals surface area contributed by atoms with Crippen LogP contribution >= 0.6 is 11.6 Å². The highest BCUT2D eigenvalue weighted by molar-refractivity contribution is 6.39. The van der Waals surface area contributed by atoms with E-state index in [9.17, 15) is 14.4 Å². The Labute approximate surface area is 224 Å². The minimum absolute atomic E-state index is 0.173. The zero-order valence-corrected chi connectivity index (χ0v) is 21.5. The molecule has 0 unspecified atom stereocenters. The first-order valence-corrected chi connectivity index (χ1v) is 12.1. The molecule has 1 saturated heterocycles. The molecular formula is C28H25ClN2O7. The van der Waals surface area contributed by atoms with E-state index in [0.717, 1.165) is 4.90 Å². The van der Waals surface area contributed by atoms with Crippen LogP contribution in [-0.2, 0) is 9.59 Å². The number of hydrogen-bond acceptors (Lipinski definition) is 7. The molecule has 1 N–H and O–H groups in total. The summed E-state index contributed by atoms with van der Waals surface area (Å²) in [5, 5.41) is 2.41. The highest BCUT2D eigenvalue weighted by atomic mass is 35.5. The fourth-order valence-corrected chi connectivity index (χ4v) is 3.98. The van der Waals surface area contributed by atoms with Crippen LogP contribution in [0.5, 0.6) is 23.0 Å². The number of carbonyl (C=O) groups is 3. The highest BCUT2D eigenvalue weighted by Crippen LogP contribution is 2.37. The SMILES string of the molecule is CCOc1cc(/C=C2/C(=O)NC(=O)N(c3ccccc3)C2=O)cc(Cl)c1OCCOc1cccc(OC)c1. The minimum Gasteiger partial charge on any atom is -0.497 e. The summed E-state index contributed by atoms with van der Waals surface area (Å²) in [6, 6.07) is 17.8. The third-order valence-corrected chi connectivity index (χ3v) is 5.68. The van der Waals surface area contributed by atoms with Gasteiger partial charge in [0.15, 0.2) is 11.5 Å². The third kappa shape index (κ3) is 6.07. The molecule has 9 nitrogen and oxygen atoms in total. The zero-order chi connectivity index (χ0) is 27.1. The summed E-state index contributed by atoms with van der Waals surface area (Å²) in [4.78, 5) is 38.9. The van der Waals surface area contributed by atoms with Crippen LogP contribution in [0.1, 0.15) is 12.5 Å². The second kappa shape index (κ2) is 12.2. The van der Waals surface area contributed by atoms with E-state index in [2.05, 4.69) is 5.32 Å². The molecule has 38 heavy (non-hydrogen) atoms. The van der Waals surface area contributed by atoms with Gasteiger partial charge in [-0.3, -0.25) is 14.9 Å². The molecule has 0 aliphatic carbocycles. The molecule has 196 valence electrons. The molecule has 3 aromatic rings. The molecule has 0 radical (unpaired) electrons. The molecule has 3 aromatic carbocycles. The highest BCUT2D eigenvalue weighted by Gasteiger charge is 2.36. The first-order valence-electron chi connectivity index (χ1n) is 11.7. The lowest BCUT2D eigenvalue weighted by atomic mass is 10.1. The van der Waals surface area contributed by atoms with Gasteiger partial charge < -0.3 is 18.9 Å². The summed E-state index contributed by atoms with van der Waals surface area (Å²) < 4.78 is 22.4. The Kier molecular flexibility index (Phi) is 8.50. The van der Waals surface area contributed by atoms with Crippen molar-refractivity contribution in [2.45, 2.75) is 6.92 Å². The molecule has 0 bridgehead atoms. The van der Waals surface area contributed by atoms with Crippen molar-refractivity contribution in [3.05, 3.63) is 82.9 Å². The van der Waals surface area contributed by atoms with Crippen LogP contribution < -0.4 is 29.2 Å². The molecule has 1 heterocycles. The van der Waals surface area contributed by atoms with Crippen LogP contribution in [0.4, 0.5) is 10.5 Å². The molecule has 4 rings (SSSR count). The number of nitrogens with zero attached hydrogens (tertiary/aromatic N) is 1. The Morgan fingerprint density at radius 2 is 1.63 bits per heavy atom. The van der Waals surface area contributed by atoms with E-state index in [0.29, 0.717) is 40.9 Å². The van der Waals surface area contributed by atoms with E-state index in [4.69, 9.17) is 30.5 Å². The van der Waals surface area contributed by atoms with Gasteiger partial charge in [-0.25, -0.2) is 9.69 Å². The number of amides is 4. The number of imide groups is 2. The molecule has 0 atom stereocenters. The predicted molar refractivity (Wildman–Crippen MR) is 142 cm³/mol. The topological polar surface area (TPSA) is 103 Å². The average Bonchev–Trinajstić information content (AvgIpc) is 2.91. The molecule has 4 amide bonds. The number of methoxy groups -OCH3 is 1. The van der Waals surface area contributed by atoms with Gasteiger partial charge in [-0.1, -0.05) is 35.9 Å². The maximum Gasteiger partial charge on any atom is 0.335 e. The molecule has 1 fully saturated rings. The van der Waals surface area contributed by atoms with Gasteiger partial charge in [-0.05, 0) is 55.0 Å². The van der Waals surface area contributed by atoms with Crippen molar-refractivity contribution in [1.82, 2.24) is 5.32 Å². The molecule has 1 aliphatic rings. The van der Waals surface area contributed by atoms with Gasteiger partial charge in [0.05, 0.1) is 24.4 Å². The van der Waals surface area contributed by atoms with Crippen molar-refractivity contribution in [2.75, 3.05) is 31.8 Å². The second-order valence-corrected chi connectivity index (χ2v) is 8.34. The molecule has 0 spiro atoms. The van der Waals surface area contributed by atoms with E-state index in [1.165, 1.54) is 6.08 Å². The van der Waals surface area contributed by atoms with Crippen molar-refractivity contribution >= 4 is 41.2 Å². The largest absolute Gasteiger partial charge is 0.497 e. The number of rotatable bonds is 10. The van der Waals surface area contributed by atoms with E-state index < -0.39 is 17.8 Å². The number of ether oxygens (including phenoxy) is 4. The normalized spacial score (nSPS) is 14.3. The van der Waals surface area contributed by atoms with Gasteiger partial charge in [0.1, 0.15) is 30.3 Å². The van der Waals surface area contributed by atoms with Crippen LogP contribution in [0.15, 0.2) is 72.3 Å². The van der Waals surface area contributed by atoms with Crippen molar-refractivity contribution in [3.8, 4) is 23.0 Å². The number of carbonyl (C=O) groups excluding carboxylic acids is 3. The van der Waals surface area contributed by atoms with Crippen molar-refractivity contribution in [1.29, 1.82) is 0 Å². The van der Waals surface area contributed by atoms with Crippen LogP contribution in [0.25, 0.3) is 6.08 Å². The Bertz CT molecular complexity index is 1370. The van der Waals surface area contributed by atoms with Crippen molar-refractivity contribution in [3.63, 3.8) is 0 Å². The van der Waals surface area contributed by atoms with E-state index in [-0.39, 0.29) is 23.8 Å². The maximum absolute atomic E-state index is 13.1. The lowest BCUT2D eigenvalue weighted by molar-refractivity contribution is -0.122. The summed E-state index contributed by atoms with van der Waals surface area (Å²) in [5.41, 5.74) is 0.521. The van der Waals surface area contributed by atoms with Gasteiger partial charge in [0.2, 0.25) is 0 Å². The number of anilines is 1. The van der Waals surface area contributed by atoms with Gasteiger partial charge in [0, 0.05) is 6.07 Å². The number of urea groups is 1. The first-order chi connectivity index (χ1) is 18.4. The third-order valence-electron chi connectivity index (χ3n) is 5.40. The Morgan fingerprint density at radius 1 is 0.895 bits per heavy atom. The van der Waals surface area contributed by atoms with E-state index >= 15 is 0 Å². The number of benzene rings is 3. The standard InChI is InChI=1S/C28H25ClN2O7/c1-3-36-24-16-18(14-22-26(32)30-28(34)31(27(22)33)19-8-5-4-6-9-19)15-23(29)25(24)38-13-12-37-21-11-7-10-20(17-21)35-2/h4-11,14-17H,3,12-13H2,1-2H3,(H,30,32,34)/b22-14-. The fourth-order valence-electron chi connectivity index (χ4n) is 3.70. The molecular weight excluding hydrogens is 512 g/mol. The predicted octanol–water partition coefficient (Wildman–Crippen LogP) is 4.87. The smallest absolute Gasteiger partial charge is 0.335 e. The summed E-state index contributed by atoms with van der Waals surface area (Å²) in [6.45, 7) is 2.53. The summed E-state index contributed by atoms with van der Waals surface area (Å²) in [7, 11) is 1.58. The summed E-state index contributed by atoms with van der Waals surface area (Å²) in [6.07, 6.45) is 1.35. The lowest BCUT2D eigenvalue weighted by Gasteiger charge is -2.26. The van der Waals surface area contributed by atoms with Crippen LogP contribution in [-0.4, -0.2) is 44.8 Å². The molecule has 1 aliphatic heterocycles. The molecule has 10 heteroatoms. The van der Waals surface area contributed by atoms with Crippen LogP contribution in [0.2, 0.25) is 5.02 Å². The quantitative estimate of drug-likeness (QED) is 0.224. The van der Waals surface area contributed by atoms with Crippen LogP contribution in [0, 0.1) is 0 Å². The Balaban J connectivity index is 1.53. The first kappa shape index (κ1) is 26.6.